The minimum atomic E-state index is -0.619. The van der Waals surface area contributed by atoms with Crippen molar-refractivity contribution in [1.29, 1.82) is 0 Å². The Morgan fingerprint density at radius 3 is 2.50 bits per heavy atom. The number of fused-ring (bicyclic) bond motifs is 1. The van der Waals surface area contributed by atoms with Crippen molar-refractivity contribution >= 4 is 0 Å². The summed E-state index contributed by atoms with van der Waals surface area (Å²) in [7, 11) is 0. The van der Waals surface area contributed by atoms with Crippen molar-refractivity contribution in [1.82, 2.24) is 0 Å². The van der Waals surface area contributed by atoms with Gasteiger partial charge in [-0.3, -0.25) is 0 Å². The van der Waals surface area contributed by atoms with E-state index in [1.165, 1.54) is 0 Å². The number of ether oxygens (including phenoxy) is 2. The molecule has 18 heavy (non-hydrogen) atoms. The van der Waals surface area contributed by atoms with Crippen LogP contribution in [0.15, 0.2) is 42.5 Å². The summed E-state index contributed by atoms with van der Waals surface area (Å²) in [5.41, 5.74) is 1.10. The summed E-state index contributed by atoms with van der Waals surface area (Å²) in [6.45, 7) is 3.76. The zero-order valence-electron chi connectivity index (χ0n) is 10.6. The minimum absolute atomic E-state index is 0.0232. The summed E-state index contributed by atoms with van der Waals surface area (Å²) >= 11 is 0. The van der Waals surface area contributed by atoms with E-state index in [4.69, 9.17) is 9.47 Å². The summed E-state index contributed by atoms with van der Waals surface area (Å²) in [4.78, 5) is 0. The van der Waals surface area contributed by atoms with Gasteiger partial charge < -0.3 is 14.6 Å². The van der Waals surface area contributed by atoms with Crippen LogP contribution in [0, 0.1) is 0 Å². The van der Waals surface area contributed by atoms with Crippen molar-refractivity contribution in [3.63, 3.8) is 0 Å². The molecule has 0 radical (unpaired) electrons. The zero-order chi connectivity index (χ0) is 12.8. The van der Waals surface area contributed by atoms with E-state index in [1.807, 2.05) is 56.3 Å². The van der Waals surface area contributed by atoms with E-state index in [-0.39, 0.29) is 18.1 Å². The average Bonchev–Trinajstić information content (AvgIpc) is 2.66. The van der Waals surface area contributed by atoms with Crippen LogP contribution in [0.2, 0.25) is 0 Å². The van der Waals surface area contributed by atoms with E-state index >= 15 is 0 Å². The maximum absolute atomic E-state index is 10.5. The maximum atomic E-state index is 10.5. The topological polar surface area (TPSA) is 38.7 Å². The highest BCUT2D eigenvalue weighted by Crippen LogP contribution is 2.38. The van der Waals surface area contributed by atoms with Gasteiger partial charge in [0.2, 0.25) is 0 Å². The van der Waals surface area contributed by atoms with E-state index in [0.717, 1.165) is 5.56 Å². The number of aliphatic hydroxyl groups is 1. The largest absolute Gasteiger partial charge is 0.389 e. The van der Waals surface area contributed by atoms with E-state index in [1.54, 1.807) is 0 Å². The van der Waals surface area contributed by atoms with Crippen molar-refractivity contribution < 1.29 is 14.6 Å². The third-order valence-electron chi connectivity index (χ3n) is 3.56. The monoisotopic (exact) mass is 246 g/mol. The Hall–Kier alpha value is -1.16. The molecule has 0 aromatic heterocycles. The van der Waals surface area contributed by atoms with Crippen LogP contribution in [-0.4, -0.2) is 29.2 Å². The van der Waals surface area contributed by atoms with Gasteiger partial charge in [0, 0.05) is 5.92 Å². The molecule has 96 valence electrons. The molecule has 1 aliphatic heterocycles. The zero-order valence-corrected chi connectivity index (χ0v) is 10.6. The third kappa shape index (κ3) is 1.99. The summed E-state index contributed by atoms with van der Waals surface area (Å²) in [5, 5.41) is 10.5. The third-order valence-corrected chi connectivity index (χ3v) is 3.56. The average molecular weight is 246 g/mol. The molecule has 4 atom stereocenters. The van der Waals surface area contributed by atoms with Gasteiger partial charge in [-0.2, -0.15) is 0 Å². The number of hydrogen-bond donors (Lipinski definition) is 1. The van der Waals surface area contributed by atoms with Gasteiger partial charge in [-0.1, -0.05) is 42.5 Å². The molecule has 0 amide bonds. The van der Waals surface area contributed by atoms with Crippen LogP contribution in [0.25, 0.3) is 0 Å². The van der Waals surface area contributed by atoms with Gasteiger partial charge in [0.1, 0.15) is 12.2 Å². The molecular formula is C15H18O3. The van der Waals surface area contributed by atoms with Gasteiger partial charge >= 0.3 is 0 Å². The highest BCUT2D eigenvalue weighted by atomic mass is 16.8. The molecule has 3 nitrogen and oxygen atoms in total. The number of aliphatic hydroxyl groups excluding tert-OH is 1. The molecule has 1 aromatic rings. The Bertz CT molecular complexity index is 452. The SMILES string of the molecule is CC1(C)O[C@H]2[C@H](O)[C@@H](c3ccccc3)C=C[C@H]2O1. The van der Waals surface area contributed by atoms with Crippen LogP contribution < -0.4 is 0 Å². The van der Waals surface area contributed by atoms with Crippen molar-refractivity contribution in [3.8, 4) is 0 Å². The van der Waals surface area contributed by atoms with Crippen molar-refractivity contribution in [3.05, 3.63) is 48.0 Å². The first-order valence-corrected chi connectivity index (χ1v) is 6.34. The summed E-state index contributed by atoms with van der Waals surface area (Å²) in [5.74, 6) is -0.642. The molecule has 3 heteroatoms. The van der Waals surface area contributed by atoms with Crippen LogP contribution in [-0.2, 0) is 9.47 Å². The molecule has 0 spiro atoms. The molecule has 1 aliphatic carbocycles. The van der Waals surface area contributed by atoms with E-state index in [9.17, 15) is 5.11 Å². The van der Waals surface area contributed by atoms with Gasteiger partial charge in [-0.15, -0.1) is 0 Å². The van der Waals surface area contributed by atoms with Gasteiger partial charge in [0.15, 0.2) is 5.79 Å². The standard InChI is InChI=1S/C15H18O3/c1-15(2)17-12-9-8-11(13(16)14(12)18-15)10-6-4-3-5-7-10/h3-9,11-14,16H,1-2H3/t11-,12-,13-,14-/m1/s1. The van der Waals surface area contributed by atoms with E-state index in [0.29, 0.717) is 0 Å². The minimum Gasteiger partial charge on any atom is -0.389 e. The smallest absolute Gasteiger partial charge is 0.164 e. The van der Waals surface area contributed by atoms with Crippen LogP contribution >= 0.6 is 0 Å². The number of rotatable bonds is 1. The highest BCUT2D eigenvalue weighted by Gasteiger charge is 2.47. The van der Waals surface area contributed by atoms with E-state index in [2.05, 4.69) is 0 Å². The number of benzene rings is 1. The van der Waals surface area contributed by atoms with Crippen LogP contribution in [0.4, 0.5) is 0 Å². The second-order valence-corrected chi connectivity index (χ2v) is 5.38. The Labute approximate surface area is 107 Å². The lowest BCUT2D eigenvalue weighted by atomic mass is 9.84. The second-order valence-electron chi connectivity index (χ2n) is 5.38. The quantitative estimate of drug-likeness (QED) is 0.772. The van der Waals surface area contributed by atoms with Crippen molar-refractivity contribution in [2.24, 2.45) is 0 Å². The van der Waals surface area contributed by atoms with Crippen LogP contribution in [0.1, 0.15) is 25.3 Å². The number of hydrogen-bond acceptors (Lipinski definition) is 3. The molecule has 2 aliphatic rings. The molecule has 1 N–H and O–H groups in total. The highest BCUT2D eigenvalue weighted by molar-refractivity contribution is 5.29. The first-order chi connectivity index (χ1) is 8.57. The summed E-state index contributed by atoms with van der Waals surface area (Å²) in [6, 6.07) is 10.00. The second kappa shape index (κ2) is 4.19. The molecule has 1 heterocycles. The Kier molecular flexibility index (Phi) is 2.77. The van der Waals surface area contributed by atoms with Crippen LogP contribution in [0.5, 0.6) is 0 Å². The van der Waals surface area contributed by atoms with E-state index < -0.39 is 11.9 Å². The Balaban J connectivity index is 1.88. The molecular weight excluding hydrogens is 228 g/mol. The first-order valence-electron chi connectivity index (χ1n) is 6.34. The van der Waals surface area contributed by atoms with Gasteiger partial charge in [-0.25, -0.2) is 0 Å². The molecule has 1 fully saturated rings. The lowest BCUT2D eigenvalue weighted by Gasteiger charge is -2.30. The molecule has 3 rings (SSSR count). The fourth-order valence-electron chi connectivity index (χ4n) is 2.76. The van der Waals surface area contributed by atoms with Gasteiger partial charge in [0.25, 0.3) is 0 Å². The predicted molar refractivity (Wildman–Crippen MR) is 68.2 cm³/mol. The summed E-state index contributed by atoms with van der Waals surface area (Å²) in [6.07, 6.45) is 3.03. The summed E-state index contributed by atoms with van der Waals surface area (Å²) < 4.78 is 11.5. The Morgan fingerprint density at radius 1 is 1.06 bits per heavy atom. The Morgan fingerprint density at radius 2 is 1.78 bits per heavy atom. The fourth-order valence-corrected chi connectivity index (χ4v) is 2.76. The first kappa shape index (κ1) is 11.9. The molecule has 0 unspecified atom stereocenters. The van der Waals surface area contributed by atoms with Gasteiger partial charge in [0.05, 0.1) is 6.10 Å². The molecule has 0 bridgehead atoms. The maximum Gasteiger partial charge on any atom is 0.164 e. The lowest BCUT2D eigenvalue weighted by molar-refractivity contribution is -0.153. The molecule has 1 aromatic carbocycles. The molecule has 1 saturated heterocycles. The van der Waals surface area contributed by atoms with Gasteiger partial charge in [-0.05, 0) is 19.4 Å². The lowest BCUT2D eigenvalue weighted by Crippen LogP contribution is -2.41. The van der Waals surface area contributed by atoms with Crippen molar-refractivity contribution in [2.75, 3.05) is 0 Å². The predicted octanol–water partition coefficient (Wildman–Crippen LogP) is 2.22. The fraction of sp³-hybridized carbons (Fsp3) is 0.467. The normalized spacial score (nSPS) is 37.5. The van der Waals surface area contributed by atoms with Crippen LogP contribution in [0.3, 0.4) is 0 Å². The molecule has 0 saturated carbocycles. The van der Waals surface area contributed by atoms with Crippen molar-refractivity contribution in [2.45, 2.75) is 43.9 Å².